The lowest BCUT2D eigenvalue weighted by molar-refractivity contribution is 0.146. The minimum absolute atomic E-state index is 0.291. The normalized spacial score (nSPS) is 10.4. The van der Waals surface area contributed by atoms with Crippen LogP contribution in [0.4, 0.5) is 4.39 Å². The number of benzene rings is 1. The maximum absolute atomic E-state index is 14.2. The number of fused-ring (bicyclic) bond motifs is 1. The van der Waals surface area contributed by atoms with E-state index in [9.17, 15) is 4.39 Å². The number of nitrogens with zero attached hydrogens (tertiary/aromatic N) is 1. The lowest BCUT2D eigenvalue weighted by Crippen LogP contribution is -2.06. The Hall–Kier alpha value is -2.15. The third-order valence-electron chi connectivity index (χ3n) is 3.60. The topological polar surface area (TPSA) is 67.4 Å². The Balaban J connectivity index is 0.00000109. The summed E-state index contributed by atoms with van der Waals surface area (Å²) in [4.78, 5) is 7.31. The smallest absolute Gasteiger partial charge is 0.138 e. The van der Waals surface area contributed by atoms with Gasteiger partial charge in [0.15, 0.2) is 0 Å². The van der Waals surface area contributed by atoms with E-state index in [2.05, 4.69) is 9.97 Å². The van der Waals surface area contributed by atoms with E-state index in [0.717, 1.165) is 23.7 Å². The third kappa shape index (κ3) is 4.48. The van der Waals surface area contributed by atoms with Crippen molar-refractivity contribution < 1.29 is 19.0 Å². The van der Waals surface area contributed by atoms with Crippen LogP contribution in [0.2, 0.25) is 5.02 Å². The molecule has 3 rings (SSSR count). The number of H-pyrrole nitrogens is 1. The van der Waals surface area contributed by atoms with Crippen molar-refractivity contribution in [2.45, 2.75) is 6.42 Å². The standard InChI is InChI=1S/C17H16ClFN2O2.CH4O/c1-22-7-8-23-15-5-4-14(19)13(16(15)18)9-11-10-21-17-12(11)3-2-6-20-17;1-2/h2-6,10H,7-9H2,1H3,(H,20,21);2H,1H3. The summed E-state index contributed by atoms with van der Waals surface area (Å²) >= 11 is 6.33. The van der Waals surface area contributed by atoms with Gasteiger partial charge in [-0.2, -0.15) is 0 Å². The highest BCUT2D eigenvalue weighted by atomic mass is 35.5. The number of hydrogen-bond donors (Lipinski definition) is 2. The summed E-state index contributed by atoms with van der Waals surface area (Å²) in [6, 6.07) is 6.70. The molecule has 2 heterocycles. The van der Waals surface area contributed by atoms with E-state index in [1.807, 2.05) is 18.3 Å². The van der Waals surface area contributed by atoms with Gasteiger partial charge in [-0.15, -0.1) is 0 Å². The summed E-state index contributed by atoms with van der Waals surface area (Å²) in [7, 11) is 2.59. The van der Waals surface area contributed by atoms with Crippen LogP contribution in [0, 0.1) is 5.82 Å². The second-order valence-electron chi connectivity index (χ2n) is 5.07. The summed E-state index contributed by atoms with van der Waals surface area (Å²) < 4.78 is 24.7. The van der Waals surface area contributed by atoms with Crippen molar-refractivity contribution in [1.82, 2.24) is 9.97 Å². The Bertz CT molecular complexity index is 823. The van der Waals surface area contributed by atoms with Gasteiger partial charge in [0.25, 0.3) is 0 Å². The number of aromatic nitrogens is 2. The summed E-state index contributed by atoms with van der Waals surface area (Å²) in [5.74, 6) is 0.102. The molecule has 0 fully saturated rings. The molecule has 0 spiro atoms. The molecule has 0 unspecified atom stereocenters. The van der Waals surface area contributed by atoms with Gasteiger partial charge in [0.05, 0.1) is 11.6 Å². The number of methoxy groups -OCH3 is 1. The SMILES string of the molecule is CO.COCCOc1ccc(F)c(Cc2c[nH]c3ncccc23)c1Cl. The number of rotatable bonds is 6. The van der Waals surface area contributed by atoms with Crippen LogP contribution in [0.15, 0.2) is 36.7 Å². The molecule has 1 aromatic carbocycles. The van der Waals surface area contributed by atoms with Crippen LogP contribution in [-0.2, 0) is 11.2 Å². The number of pyridine rings is 1. The fourth-order valence-corrected chi connectivity index (χ4v) is 2.71. The highest BCUT2D eigenvalue weighted by molar-refractivity contribution is 6.32. The molecular weight excluding hydrogens is 347 g/mol. The molecule has 3 aromatic rings. The van der Waals surface area contributed by atoms with Gasteiger partial charge < -0.3 is 19.6 Å². The van der Waals surface area contributed by atoms with E-state index in [1.165, 1.54) is 12.1 Å². The molecule has 25 heavy (non-hydrogen) atoms. The number of aliphatic hydroxyl groups excluding tert-OH is 1. The molecule has 2 N–H and O–H groups in total. The Morgan fingerprint density at radius 3 is 2.80 bits per heavy atom. The average molecular weight is 367 g/mol. The van der Waals surface area contributed by atoms with E-state index in [1.54, 1.807) is 13.3 Å². The highest BCUT2D eigenvalue weighted by Gasteiger charge is 2.15. The number of nitrogens with one attached hydrogen (secondary N) is 1. The van der Waals surface area contributed by atoms with Gasteiger partial charge in [-0.3, -0.25) is 0 Å². The number of ether oxygens (including phenoxy) is 2. The fourth-order valence-electron chi connectivity index (χ4n) is 2.43. The van der Waals surface area contributed by atoms with Crippen LogP contribution < -0.4 is 4.74 Å². The molecule has 134 valence electrons. The van der Waals surface area contributed by atoms with Gasteiger partial charge in [-0.05, 0) is 29.8 Å². The van der Waals surface area contributed by atoms with Gasteiger partial charge in [-0.25, -0.2) is 9.37 Å². The summed E-state index contributed by atoms with van der Waals surface area (Å²) in [5.41, 5.74) is 2.11. The van der Waals surface area contributed by atoms with Crippen LogP contribution in [0.5, 0.6) is 5.75 Å². The minimum atomic E-state index is -0.354. The first-order valence-corrected chi connectivity index (χ1v) is 8.03. The first-order valence-electron chi connectivity index (χ1n) is 7.65. The van der Waals surface area contributed by atoms with Crippen molar-refractivity contribution in [2.24, 2.45) is 0 Å². The molecule has 0 radical (unpaired) electrons. The second-order valence-corrected chi connectivity index (χ2v) is 5.45. The van der Waals surface area contributed by atoms with E-state index < -0.39 is 0 Å². The summed E-state index contributed by atoms with van der Waals surface area (Å²) in [6.45, 7) is 0.801. The predicted octanol–water partition coefficient (Wildman–Crippen LogP) is 3.58. The van der Waals surface area contributed by atoms with Crippen molar-refractivity contribution in [3.8, 4) is 5.75 Å². The molecule has 0 aliphatic carbocycles. The molecule has 5 nitrogen and oxygen atoms in total. The first kappa shape index (κ1) is 19.2. The predicted molar refractivity (Wildman–Crippen MR) is 95.8 cm³/mol. The van der Waals surface area contributed by atoms with Crippen LogP contribution in [-0.4, -0.2) is 42.5 Å². The molecule has 0 amide bonds. The first-order chi connectivity index (χ1) is 12.2. The third-order valence-corrected chi connectivity index (χ3v) is 4.01. The second kappa shape index (κ2) is 9.36. The van der Waals surface area contributed by atoms with E-state index in [0.29, 0.717) is 36.0 Å². The molecule has 0 bridgehead atoms. The van der Waals surface area contributed by atoms with Gasteiger partial charge in [0.2, 0.25) is 0 Å². The zero-order valence-corrected chi connectivity index (χ0v) is 14.8. The Labute approximate surface area is 150 Å². The van der Waals surface area contributed by atoms with Gasteiger partial charge in [0.1, 0.15) is 23.8 Å². The van der Waals surface area contributed by atoms with E-state index >= 15 is 0 Å². The number of hydrogen-bond acceptors (Lipinski definition) is 4. The van der Waals surface area contributed by atoms with Crippen molar-refractivity contribution >= 4 is 22.6 Å². The zero-order valence-electron chi connectivity index (χ0n) is 14.1. The van der Waals surface area contributed by atoms with Gasteiger partial charge in [-0.1, -0.05) is 11.6 Å². The van der Waals surface area contributed by atoms with Crippen LogP contribution in [0.25, 0.3) is 11.0 Å². The molecular formula is C18H20ClFN2O3. The maximum atomic E-state index is 14.2. The summed E-state index contributed by atoms with van der Waals surface area (Å²) in [6.07, 6.45) is 3.89. The largest absolute Gasteiger partial charge is 0.490 e. The molecule has 0 saturated carbocycles. The van der Waals surface area contributed by atoms with Crippen LogP contribution >= 0.6 is 11.6 Å². The number of aliphatic hydroxyl groups is 1. The van der Waals surface area contributed by atoms with Crippen molar-refractivity contribution in [3.05, 3.63) is 58.6 Å². The molecule has 0 saturated heterocycles. The van der Waals surface area contributed by atoms with Crippen LogP contribution in [0.1, 0.15) is 11.1 Å². The van der Waals surface area contributed by atoms with Crippen molar-refractivity contribution in [3.63, 3.8) is 0 Å². The van der Waals surface area contributed by atoms with E-state index in [-0.39, 0.29) is 5.82 Å². The minimum Gasteiger partial charge on any atom is -0.490 e. The monoisotopic (exact) mass is 366 g/mol. The highest BCUT2D eigenvalue weighted by Crippen LogP contribution is 2.33. The summed E-state index contributed by atoms with van der Waals surface area (Å²) in [5, 5.41) is 8.24. The van der Waals surface area contributed by atoms with Crippen LogP contribution in [0.3, 0.4) is 0 Å². The van der Waals surface area contributed by atoms with Gasteiger partial charge in [0, 0.05) is 44.0 Å². The Kier molecular flexibility index (Phi) is 7.18. The number of aromatic amines is 1. The molecule has 0 aliphatic rings. The quantitative estimate of drug-likeness (QED) is 0.654. The molecule has 2 aromatic heterocycles. The zero-order chi connectivity index (χ0) is 18.2. The molecule has 7 heteroatoms. The number of halogens is 2. The van der Waals surface area contributed by atoms with Crippen molar-refractivity contribution in [2.75, 3.05) is 27.4 Å². The molecule has 0 atom stereocenters. The molecule has 0 aliphatic heterocycles. The Morgan fingerprint density at radius 2 is 2.04 bits per heavy atom. The lowest BCUT2D eigenvalue weighted by atomic mass is 10.0. The maximum Gasteiger partial charge on any atom is 0.138 e. The lowest BCUT2D eigenvalue weighted by Gasteiger charge is -2.12. The van der Waals surface area contributed by atoms with Gasteiger partial charge >= 0.3 is 0 Å². The van der Waals surface area contributed by atoms with E-state index in [4.69, 9.17) is 26.2 Å². The average Bonchev–Trinajstić information content (AvgIpc) is 3.05. The fraction of sp³-hybridized carbons (Fsp3) is 0.278. The van der Waals surface area contributed by atoms with Crippen molar-refractivity contribution in [1.29, 1.82) is 0 Å². The Morgan fingerprint density at radius 1 is 1.24 bits per heavy atom.